The molecule has 0 bridgehead atoms. The molecule has 1 aliphatic rings. The van der Waals surface area contributed by atoms with Gasteiger partial charge in [0.25, 0.3) is 0 Å². The van der Waals surface area contributed by atoms with Crippen LogP contribution < -0.4 is 4.90 Å². The van der Waals surface area contributed by atoms with Crippen molar-refractivity contribution in [1.29, 1.82) is 0 Å². The molecular weight excluding hydrogens is 320 g/mol. The highest BCUT2D eigenvalue weighted by molar-refractivity contribution is 9.10. The van der Waals surface area contributed by atoms with Crippen LogP contribution in [0.25, 0.3) is 0 Å². The van der Waals surface area contributed by atoms with Gasteiger partial charge >= 0.3 is 0 Å². The smallest absolute Gasteiger partial charge is 0.171 e. The monoisotopic (exact) mass is 330 g/mol. The quantitative estimate of drug-likeness (QED) is 0.776. The van der Waals surface area contributed by atoms with Crippen molar-refractivity contribution >= 4 is 33.2 Å². The first-order valence-corrected chi connectivity index (χ1v) is 6.45. The number of aliphatic hydroxyl groups is 2. The number of aryl methyl sites for hydroxylation is 1. The van der Waals surface area contributed by atoms with Gasteiger partial charge in [-0.25, -0.2) is 4.98 Å². The van der Waals surface area contributed by atoms with Crippen molar-refractivity contribution in [3.63, 3.8) is 0 Å². The first kappa shape index (κ1) is 13.4. The van der Waals surface area contributed by atoms with Crippen molar-refractivity contribution < 1.29 is 10.2 Å². The van der Waals surface area contributed by atoms with Crippen LogP contribution >= 0.6 is 27.5 Å². The van der Waals surface area contributed by atoms with Gasteiger partial charge in [0.1, 0.15) is 15.4 Å². The van der Waals surface area contributed by atoms with Crippen LogP contribution in [0, 0.1) is 6.92 Å². The fraction of sp³-hybridized carbons (Fsp3) is 0.250. The van der Waals surface area contributed by atoms with E-state index in [9.17, 15) is 10.2 Å². The zero-order valence-electron chi connectivity index (χ0n) is 9.85. The second-order valence-corrected chi connectivity index (χ2v) is 5.28. The van der Waals surface area contributed by atoms with Crippen molar-refractivity contribution in [3.05, 3.63) is 45.0 Å². The van der Waals surface area contributed by atoms with Gasteiger partial charge in [-0.05, 0) is 41.4 Å². The van der Waals surface area contributed by atoms with Crippen molar-refractivity contribution in [2.45, 2.75) is 20.1 Å². The van der Waals surface area contributed by atoms with Crippen molar-refractivity contribution in [2.75, 3.05) is 4.90 Å². The van der Waals surface area contributed by atoms with E-state index in [2.05, 4.69) is 20.9 Å². The molecule has 1 aromatic heterocycles. The zero-order chi connectivity index (χ0) is 13.4. The summed E-state index contributed by atoms with van der Waals surface area (Å²) < 4.78 is 0.665. The fourth-order valence-electron chi connectivity index (χ4n) is 1.84. The standard InChI is InChI=1S/C12H12BrClN2O2/c1-6-5-15-10(13)4-8(6)16-7(2)3-9(17)11(14)12(16)18/h3-5,12,17-18H,1-2H3. The lowest BCUT2D eigenvalue weighted by Crippen LogP contribution is -2.37. The second-order valence-electron chi connectivity index (χ2n) is 4.06. The summed E-state index contributed by atoms with van der Waals surface area (Å²) in [5.74, 6) is -0.108. The van der Waals surface area contributed by atoms with Gasteiger partial charge in [0.15, 0.2) is 6.23 Å². The van der Waals surface area contributed by atoms with Crippen LogP contribution in [-0.4, -0.2) is 21.4 Å². The molecule has 1 unspecified atom stereocenters. The summed E-state index contributed by atoms with van der Waals surface area (Å²) in [7, 11) is 0. The van der Waals surface area contributed by atoms with Crippen molar-refractivity contribution in [1.82, 2.24) is 4.98 Å². The highest BCUT2D eigenvalue weighted by Gasteiger charge is 2.28. The molecule has 18 heavy (non-hydrogen) atoms. The predicted molar refractivity (Wildman–Crippen MR) is 74.4 cm³/mol. The Labute approximate surface area is 118 Å². The third-order valence-electron chi connectivity index (χ3n) is 2.74. The molecule has 2 heterocycles. The number of pyridine rings is 1. The molecule has 1 aliphatic heterocycles. The van der Waals surface area contributed by atoms with Gasteiger partial charge in [0, 0.05) is 18.0 Å². The van der Waals surface area contributed by atoms with E-state index in [0.717, 1.165) is 11.3 Å². The lowest BCUT2D eigenvalue weighted by molar-refractivity contribution is 0.210. The predicted octanol–water partition coefficient (Wildman–Crippen LogP) is 3.20. The minimum Gasteiger partial charge on any atom is -0.506 e. The molecule has 2 rings (SSSR count). The second kappa shape index (κ2) is 4.91. The summed E-state index contributed by atoms with van der Waals surface area (Å²) in [5.41, 5.74) is 2.38. The Morgan fingerprint density at radius 3 is 2.78 bits per heavy atom. The van der Waals surface area contributed by atoms with E-state index in [1.807, 2.05) is 6.92 Å². The number of rotatable bonds is 1. The Morgan fingerprint density at radius 1 is 1.44 bits per heavy atom. The van der Waals surface area contributed by atoms with E-state index >= 15 is 0 Å². The molecule has 0 radical (unpaired) electrons. The van der Waals surface area contributed by atoms with Gasteiger partial charge < -0.3 is 15.1 Å². The van der Waals surface area contributed by atoms with Crippen LogP contribution in [0.2, 0.25) is 0 Å². The number of aliphatic hydroxyl groups excluding tert-OH is 2. The lowest BCUT2D eigenvalue weighted by Gasteiger charge is -2.34. The summed E-state index contributed by atoms with van der Waals surface area (Å²) in [4.78, 5) is 5.76. The van der Waals surface area contributed by atoms with Crippen molar-refractivity contribution in [2.24, 2.45) is 0 Å². The first-order valence-electron chi connectivity index (χ1n) is 5.28. The number of aromatic nitrogens is 1. The summed E-state index contributed by atoms with van der Waals surface area (Å²) in [6, 6.07) is 1.79. The molecule has 0 aromatic carbocycles. The maximum absolute atomic E-state index is 10.1. The molecule has 6 heteroatoms. The van der Waals surface area contributed by atoms with E-state index < -0.39 is 6.23 Å². The van der Waals surface area contributed by atoms with Gasteiger partial charge in [-0.3, -0.25) is 0 Å². The van der Waals surface area contributed by atoms with Gasteiger partial charge in [0.2, 0.25) is 0 Å². The number of hydrogen-bond donors (Lipinski definition) is 2. The maximum Gasteiger partial charge on any atom is 0.171 e. The molecule has 0 saturated carbocycles. The Morgan fingerprint density at radius 2 is 2.11 bits per heavy atom. The molecule has 1 atom stereocenters. The van der Waals surface area contributed by atoms with Crippen LogP contribution in [0.4, 0.5) is 5.69 Å². The fourth-order valence-corrected chi connectivity index (χ4v) is 2.32. The van der Waals surface area contributed by atoms with Gasteiger partial charge in [-0.2, -0.15) is 0 Å². The molecule has 4 nitrogen and oxygen atoms in total. The molecule has 2 N–H and O–H groups in total. The van der Waals surface area contributed by atoms with Crippen LogP contribution in [-0.2, 0) is 0 Å². The highest BCUT2D eigenvalue weighted by Crippen LogP contribution is 2.34. The average Bonchev–Trinajstić information content (AvgIpc) is 2.31. The van der Waals surface area contributed by atoms with Crippen molar-refractivity contribution in [3.8, 4) is 0 Å². The molecule has 0 amide bonds. The van der Waals surface area contributed by atoms with Gasteiger partial charge in [-0.15, -0.1) is 0 Å². The molecule has 0 aliphatic carbocycles. The van der Waals surface area contributed by atoms with E-state index in [4.69, 9.17) is 11.6 Å². The Balaban J connectivity index is 2.52. The Kier molecular flexibility index (Phi) is 3.66. The van der Waals surface area contributed by atoms with Crippen LogP contribution in [0.5, 0.6) is 0 Å². The van der Waals surface area contributed by atoms with Crippen LogP contribution in [0.3, 0.4) is 0 Å². The number of nitrogens with zero attached hydrogens (tertiary/aromatic N) is 2. The largest absolute Gasteiger partial charge is 0.506 e. The summed E-state index contributed by atoms with van der Waals surface area (Å²) >= 11 is 9.18. The van der Waals surface area contributed by atoms with Gasteiger partial charge in [0.05, 0.1) is 5.69 Å². The number of anilines is 1. The number of allylic oxidation sites excluding steroid dienone is 2. The molecule has 0 spiro atoms. The van der Waals surface area contributed by atoms with Crippen LogP contribution in [0.1, 0.15) is 12.5 Å². The topological polar surface area (TPSA) is 56.6 Å². The molecule has 0 saturated heterocycles. The van der Waals surface area contributed by atoms with Gasteiger partial charge in [-0.1, -0.05) is 11.6 Å². The third kappa shape index (κ3) is 2.25. The summed E-state index contributed by atoms with van der Waals surface area (Å²) in [6.45, 7) is 3.68. The lowest BCUT2D eigenvalue weighted by atomic mass is 10.1. The average molecular weight is 332 g/mol. The summed E-state index contributed by atoms with van der Waals surface area (Å²) in [5, 5.41) is 19.7. The van der Waals surface area contributed by atoms with E-state index in [-0.39, 0.29) is 10.8 Å². The maximum atomic E-state index is 10.1. The minimum absolute atomic E-state index is 0.00735. The normalized spacial score (nSPS) is 20.2. The molecule has 1 aromatic rings. The highest BCUT2D eigenvalue weighted by atomic mass is 79.9. The Bertz CT molecular complexity index is 557. The number of hydrogen-bond acceptors (Lipinski definition) is 4. The van der Waals surface area contributed by atoms with E-state index in [1.54, 1.807) is 24.1 Å². The summed E-state index contributed by atoms with van der Waals surface area (Å²) in [6.07, 6.45) is 2.12. The Hall–Kier alpha value is -1.04. The first-order chi connectivity index (χ1) is 8.41. The molecule has 96 valence electrons. The number of halogens is 2. The van der Waals surface area contributed by atoms with E-state index in [0.29, 0.717) is 10.3 Å². The SMILES string of the molecule is CC1=CC(O)=C(Cl)C(O)N1c1cc(Br)ncc1C. The third-order valence-corrected chi connectivity index (χ3v) is 3.56. The van der Waals surface area contributed by atoms with E-state index in [1.165, 1.54) is 6.08 Å². The molecule has 0 fully saturated rings. The molecular formula is C12H12BrClN2O2. The minimum atomic E-state index is -1.09. The van der Waals surface area contributed by atoms with Crippen LogP contribution in [0.15, 0.2) is 39.4 Å². The zero-order valence-corrected chi connectivity index (χ0v) is 12.2.